The molecule has 1 atom stereocenters. The van der Waals surface area contributed by atoms with Gasteiger partial charge in [-0.15, -0.1) is 0 Å². The molecule has 37 heavy (non-hydrogen) atoms. The Kier molecular flexibility index (Phi) is 7.65. The lowest BCUT2D eigenvalue weighted by atomic mass is 10.0. The number of amides is 1. The lowest BCUT2D eigenvalue weighted by Gasteiger charge is -2.40. The number of hydrogen-bond acceptors (Lipinski definition) is 7. The first-order chi connectivity index (χ1) is 17.7. The Labute approximate surface area is 212 Å². The molecule has 1 aliphatic rings. The van der Waals surface area contributed by atoms with Crippen LogP contribution in [-0.4, -0.2) is 59.1 Å². The Morgan fingerprint density at radius 3 is 2.57 bits per heavy atom. The molecule has 0 saturated carbocycles. The van der Waals surface area contributed by atoms with Crippen LogP contribution in [0.4, 0.5) is 14.6 Å². The summed E-state index contributed by atoms with van der Waals surface area (Å²) in [5, 5.41) is 9.72. The highest BCUT2D eigenvalue weighted by Gasteiger charge is 2.36. The number of aliphatic carboxylic acids is 1. The Balaban J connectivity index is 1.66. The number of rotatable bonds is 7. The van der Waals surface area contributed by atoms with Gasteiger partial charge in [-0.1, -0.05) is 24.3 Å². The minimum absolute atomic E-state index is 0.0379. The van der Waals surface area contributed by atoms with Crippen LogP contribution in [0.2, 0.25) is 0 Å². The molecule has 0 aliphatic carbocycles. The second kappa shape index (κ2) is 10.9. The number of benzene rings is 2. The molecule has 0 bridgehead atoms. The predicted octanol–water partition coefficient (Wildman–Crippen LogP) is 2.65. The molecule has 1 aliphatic heterocycles. The summed E-state index contributed by atoms with van der Waals surface area (Å²) in [5.74, 6) is -4.41. The van der Waals surface area contributed by atoms with Gasteiger partial charge in [0.2, 0.25) is 5.91 Å². The van der Waals surface area contributed by atoms with E-state index in [1.165, 1.54) is 9.80 Å². The molecule has 1 unspecified atom stereocenters. The van der Waals surface area contributed by atoms with E-state index in [1.807, 2.05) is 37.3 Å². The summed E-state index contributed by atoms with van der Waals surface area (Å²) in [4.78, 5) is 30.4. The van der Waals surface area contributed by atoms with Gasteiger partial charge < -0.3 is 31.1 Å². The Bertz CT molecular complexity index is 1340. The summed E-state index contributed by atoms with van der Waals surface area (Å²) < 4.78 is 35.3. The van der Waals surface area contributed by atoms with Crippen LogP contribution in [0, 0.1) is 18.6 Å². The van der Waals surface area contributed by atoms with Gasteiger partial charge in [0.05, 0.1) is 13.1 Å². The second-order valence-corrected chi connectivity index (χ2v) is 8.71. The molecule has 9 nitrogen and oxygen atoms in total. The second-order valence-electron chi connectivity index (χ2n) is 8.71. The third-order valence-electron chi connectivity index (χ3n) is 6.11. The number of carboxylic acids is 1. The minimum Gasteiger partial charge on any atom is -0.480 e. The van der Waals surface area contributed by atoms with Gasteiger partial charge in [0.1, 0.15) is 11.8 Å². The Hall–Kier alpha value is -4.09. The van der Waals surface area contributed by atoms with E-state index < -0.39 is 35.4 Å². The van der Waals surface area contributed by atoms with Crippen LogP contribution < -0.4 is 21.1 Å². The molecular weight excluding hydrogens is 484 g/mol. The molecule has 2 heterocycles. The maximum Gasteiger partial charge on any atom is 0.328 e. The van der Waals surface area contributed by atoms with Gasteiger partial charge in [-0.2, -0.15) is 4.98 Å². The number of carbonyl (C=O) groups is 2. The van der Waals surface area contributed by atoms with Crippen molar-refractivity contribution in [2.75, 3.05) is 31.1 Å². The zero-order valence-electron chi connectivity index (χ0n) is 20.2. The normalized spacial score (nSPS) is 15.5. The van der Waals surface area contributed by atoms with Crippen LogP contribution in [-0.2, 0) is 16.1 Å². The number of pyridine rings is 1. The largest absolute Gasteiger partial charge is 0.480 e. The molecule has 1 aromatic heterocycles. The van der Waals surface area contributed by atoms with E-state index in [0.29, 0.717) is 12.6 Å². The zero-order valence-corrected chi connectivity index (χ0v) is 20.2. The van der Waals surface area contributed by atoms with Gasteiger partial charge in [0.15, 0.2) is 17.5 Å². The average molecular weight is 512 g/mol. The fraction of sp³-hybridized carbons (Fsp3) is 0.269. The van der Waals surface area contributed by atoms with Gasteiger partial charge in [-0.05, 0) is 47.4 Å². The number of anilines is 1. The van der Waals surface area contributed by atoms with Crippen molar-refractivity contribution in [1.29, 1.82) is 0 Å². The zero-order chi connectivity index (χ0) is 26.7. The van der Waals surface area contributed by atoms with E-state index >= 15 is 0 Å². The lowest BCUT2D eigenvalue weighted by Crippen LogP contribution is -2.59. The third-order valence-corrected chi connectivity index (χ3v) is 6.11. The summed E-state index contributed by atoms with van der Waals surface area (Å²) >= 11 is 0. The maximum absolute atomic E-state index is 14.8. The molecule has 0 spiro atoms. The van der Waals surface area contributed by atoms with Gasteiger partial charge in [-0.3, -0.25) is 4.79 Å². The number of hydrogen-bond donors (Lipinski definition) is 3. The highest BCUT2D eigenvalue weighted by atomic mass is 19.1. The monoisotopic (exact) mass is 511 g/mol. The molecule has 0 radical (unpaired) electrons. The number of aryl methyl sites for hydroxylation is 1. The predicted molar refractivity (Wildman–Crippen MR) is 133 cm³/mol. The first-order valence-corrected chi connectivity index (χ1v) is 11.6. The highest BCUT2D eigenvalue weighted by Crippen LogP contribution is 2.33. The fourth-order valence-corrected chi connectivity index (χ4v) is 4.28. The van der Waals surface area contributed by atoms with Crippen molar-refractivity contribution in [3.8, 4) is 22.8 Å². The van der Waals surface area contributed by atoms with Crippen LogP contribution in [0.5, 0.6) is 11.6 Å². The summed E-state index contributed by atoms with van der Waals surface area (Å²) in [5.41, 5.74) is 14.6. The smallest absolute Gasteiger partial charge is 0.328 e. The van der Waals surface area contributed by atoms with Gasteiger partial charge in [-0.25, -0.2) is 13.6 Å². The molecule has 5 N–H and O–H groups in total. The number of halogens is 2. The molecule has 3 aromatic rings. The Morgan fingerprint density at radius 2 is 1.86 bits per heavy atom. The van der Waals surface area contributed by atoms with Gasteiger partial charge in [0.25, 0.3) is 5.88 Å². The average Bonchev–Trinajstić information content (AvgIpc) is 2.89. The number of aromatic nitrogens is 1. The molecule has 11 heteroatoms. The number of piperazine rings is 1. The topological polar surface area (TPSA) is 135 Å². The lowest BCUT2D eigenvalue weighted by molar-refractivity contribution is -0.141. The van der Waals surface area contributed by atoms with E-state index in [2.05, 4.69) is 4.98 Å². The molecule has 4 rings (SSSR count). The van der Waals surface area contributed by atoms with Crippen molar-refractivity contribution in [2.24, 2.45) is 11.5 Å². The van der Waals surface area contributed by atoms with Crippen molar-refractivity contribution >= 4 is 17.7 Å². The number of nitrogens with two attached hydrogens (primary N) is 2. The molecule has 194 valence electrons. The van der Waals surface area contributed by atoms with E-state index in [9.17, 15) is 23.5 Å². The van der Waals surface area contributed by atoms with E-state index in [0.717, 1.165) is 22.3 Å². The van der Waals surface area contributed by atoms with Crippen LogP contribution >= 0.6 is 0 Å². The number of carboxylic acid groups (broad SMARTS) is 1. The van der Waals surface area contributed by atoms with Crippen molar-refractivity contribution in [2.45, 2.75) is 19.5 Å². The molecule has 1 saturated heterocycles. The van der Waals surface area contributed by atoms with Crippen molar-refractivity contribution in [3.63, 3.8) is 0 Å². The van der Waals surface area contributed by atoms with Crippen molar-refractivity contribution in [3.05, 3.63) is 71.3 Å². The van der Waals surface area contributed by atoms with E-state index in [-0.39, 0.29) is 37.7 Å². The highest BCUT2D eigenvalue weighted by molar-refractivity contribution is 5.82. The first-order valence-electron chi connectivity index (χ1n) is 11.6. The van der Waals surface area contributed by atoms with Crippen LogP contribution in [0.1, 0.15) is 11.1 Å². The third kappa shape index (κ3) is 5.68. The molecular formula is C26H27F2N5O4. The Morgan fingerprint density at radius 1 is 1.08 bits per heavy atom. The van der Waals surface area contributed by atoms with Gasteiger partial charge >= 0.3 is 5.97 Å². The summed E-state index contributed by atoms with van der Waals surface area (Å²) in [6.07, 6.45) is 0. The number of carbonyl (C=O) groups excluding carboxylic acids is 1. The summed E-state index contributed by atoms with van der Waals surface area (Å²) in [7, 11) is 0. The minimum atomic E-state index is -1.30. The van der Waals surface area contributed by atoms with Crippen LogP contribution in [0.3, 0.4) is 0 Å². The summed E-state index contributed by atoms with van der Waals surface area (Å²) in [6.45, 7) is 1.80. The number of ether oxygens (including phenoxy) is 1. The van der Waals surface area contributed by atoms with E-state index in [1.54, 1.807) is 12.1 Å². The first kappa shape index (κ1) is 26.0. The summed E-state index contributed by atoms with van der Waals surface area (Å²) in [6, 6.07) is 12.3. The maximum atomic E-state index is 14.8. The van der Waals surface area contributed by atoms with E-state index in [4.69, 9.17) is 16.2 Å². The SMILES string of the molecule is Cc1cc(Oc2nc(N3CCN(C(=O)CN)CC3C(=O)O)c(F)cc2F)cc(-c2cccc(CN)c2)c1. The van der Waals surface area contributed by atoms with Crippen LogP contribution in [0.15, 0.2) is 48.5 Å². The van der Waals surface area contributed by atoms with Crippen LogP contribution in [0.25, 0.3) is 11.1 Å². The van der Waals surface area contributed by atoms with Crippen molar-refractivity contribution in [1.82, 2.24) is 9.88 Å². The van der Waals surface area contributed by atoms with Gasteiger partial charge in [0, 0.05) is 25.7 Å². The standard InChI is InChI=1S/C26H27F2N5O4/c1-15-7-18(17-4-2-3-16(9-17)12-29)10-19(8-15)37-25-21(28)11-20(27)24(31-25)33-6-5-32(23(34)13-30)14-22(33)26(35)36/h2-4,7-11,22H,5-6,12-14,29-30H2,1H3,(H,35,36). The molecule has 1 amide bonds. The van der Waals surface area contributed by atoms with Crippen molar-refractivity contribution < 1.29 is 28.2 Å². The molecule has 1 fully saturated rings. The number of nitrogens with zero attached hydrogens (tertiary/aromatic N) is 3. The fourth-order valence-electron chi connectivity index (χ4n) is 4.28. The molecule has 2 aromatic carbocycles. The quantitative estimate of drug-likeness (QED) is 0.441.